The van der Waals surface area contributed by atoms with Crippen molar-refractivity contribution in [2.45, 2.75) is 12.8 Å². The number of hydrogen-bond acceptors (Lipinski definition) is 4. The first-order chi connectivity index (χ1) is 8.09. The van der Waals surface area contributed by atoms with Crippen molar-refractivity contribution in [3.05, 3.63) is 0 Å². The molecule has 0 aromatic rings. The molecule has 1 atom stereocenters. The van der Waals surface area contributed by atoms with Crippen molar-refractivity contribution < 1.29 is 14.4 Å². The van der Waals surface area contributed by atoms with Gasteiger partial charge < -0.3 is 10.2 Å². The minimum Gasteiger partial charge on any atom is -0.340 e. The molecule has 17 heavy (non-hydrogen) atoms. The minimum atomic E-state index is -0.449. The van der Waals surface area contributed by atoms with Crippen molar-refractivity contribution in [3.63, 3.8) is 0 Å². The molecular formula is C11H17N3O3. The molecule has 6 heteroatoms. The Labute approximate surface area is 99.9 Å². The van der Waals surface area contributed by atoms with Gasteiger partial charge in [-0.1, -0.05) is 0 Å². The largest absolute Gasteiger partial charge is 0.340 e. The molecule has 0 spiro atoms. The van der Waals surface area contributed by atoms with Gasteiger partial charge in [0, 0.05) is 46.1 Å². The Hall–Kier alpha value is -1.43. The SMILES string of the molecule is CN1C(=O)CC(CC(=O)N2CCNCC2)C1=O. The number of nitrogens with zero attached hydrogens (tertiary/aromatic N) is 2. The molecule has 0 saturated carbocycles. The summed E-state index contributed by atoms with van der Waals surface area (Å²) in [7, 11) is 1.47. The van der Waals surface area contributed by atoms with E-state index < -0.39 is 5.92 Å². The first-order valence-corrected chi connectivity index (χ1v) is 5.88. The van der Waals surface area contributed by atoms with Crippen LogP contribution in [0.2, 0.25) is 0 Å². The van der Waals surface area contributed by atoms with Crippen LogP contribution < -0.4 is 5.32 Å². The van der Waals surface area contributed by atoms with Crippen LogP contribution >= 0.6 is 0 Å². The number of imide groups is 1. The van der Waals surface area contributed by atoms with Gasteiger partial charge in [0.05, 0.1) is 5.92 Å². The highest BCUT2D eigenvalue weighted by Crippen LogP contribution is 2.22. The van der Waals surface area contributed by atoms with Gasteiger partial charge in [-0.2, -0.15) is 0 Å². The van der Waals surface area contributed by atoms with Crippen LogP contribution in [0.25, 0.3) is 0 Å². The summed E-state index contributed by atoms with van der Waals surface area (Å²) in [5.41, 5.74) is 0. The monoisotopic (exact) mass is 239 g/mol. The van der Waals surface area contributed by atoms with Gasteiger partial charge in [-0.05, 0) is 0 Å². The van der Waals surface area contributed by atoms with Crippen molar-refractivity contribution in [1.29, 1.82) is 0 Å². The van der Waals surface area contributed by atoms with Gasteiger partial charge in [-0.25, -0.2) is 0 Å². The molecule has 0 bridgehead atoms. The molecule has 1 unspecified atom stereocenters. The molecule has 2 rings (SSSR count). The Kier molecular flexibility index (Phi) is 3.42. The summed E-state index contributed by atoms with van der Waals surface area (Å²) in [5.74, 6) is -0.880. The van der Waals surface area contributed by atoms with E-state index in [9.17, 15) is 14.4 Å². The van der Waals surface area contributed by atoms with Crippen molar-refractivity contribution in [2.24, 2.45) is 5.92 Å². The van der Waals surface area contributed by atoms with E-state index in [4.69, 9.17) is 0 Å². The third kappa shape index (κ3) is 2.46. The van der Waals surface area contributed by atoms with Crippen molar-refractivity contribution in [3.8, 4) is 0 Å². The highest BCUT2D eigenvalue weighted by Gasteiger charge is 2.37. The summed E-state index contributed by atoms with van der Waals surface area (Å²) < 4.78 is 0. The second-order valence-electron chi connectivity index (χ2n) is 4.53. The van der Waals surface area contributed by atoms with E-state index in [0.29, 0.717) is 13.1 Å². The molecule has 3 amide bonds. The summed E-state index contributed by atoms with van der Waals surface area (Å²) >= 11 is 0. The Morgan fingerprint density at radius 3 is 2.53 bits per heavy atom. The molecule has 0 aromatic carbocycles. The predicted molar refractivity (Wildman–Crippen MR) is 60.0 cm³/mol. The molecule has 94 valence electrons. The highest BCUT2D eigenvalue weighted by molar-refractivity contribution is 6.04. The summed E-state index contributed by atoms with van der Waals surface area (Å²) in [5, 5.41) is 3.16. The molecule has 2 heterocycles. The molecule has 2 aliphatic heterocycles. The van der Waals surface area contributed by atoms with E-state index in [2.05, 4.69) is 5.32 Å². The summed E-state index contributed by atoms with van der Waals surface area (Å²) in [6.07, 6.45) is 0.335. The third-order valence-electron chi connectivity index (χ3n) is 3.37. The van der Waals surface area contributed by atoms with E-state index in [-0.39, 0.29) is 30.6 Å². The van der Waals surface area contributed by atoms with Crippen molar-refractivity contribution in [2.75, 3.05) is 33.2 Å². The number of rotatable bonds is 2. The van der Waals surface area contributed by atoms with Gasteiger partial charge in [0.2, 0.25) is 17.7 Å². The van der Waals surface area contributed by atoms with E-state index in [1.54, 1.807) is 4.90 Å². The first-order valence-electron chi connectivity index (χ1n) is 5.88. The average Bonchev–Trinajstić information content (AvgIpc) is 2.58. The lowest BCUT2D eigenvalue weighted by Gasteiger charge is -2.28. The van der Waals surface area contributed by atoms with Crippen LogP contribution in [0, 0.1) is 5.92 Å². The van der Waals surface area contributed by atoms with Crippen molar-refractivity contribution >= 4 is 17.7 Å². The smallest absolute Gasteiger partial charge is 0.233 e. The Morgan fingerprint density at radius 1 is 1.35 bits per heavy atom. The number of carbonyl (C=O) groups is 3. The fourth-order valence-corrected chi connectivity index (χ4v) is 2.25. The van der Waals surface area contributed by atoms with Gasteiger partial charge in [0.1, 0.15) is 0 Å². The number of likely N-dealkylation sites (tertiary alicyclic amines) is 1. The minimum absolute atomic E-state index is 0.0204. The van der Waals surface area contributed by atoms with Gasteiger partial charge in [-0.3, -0.25) is 19.3 Å². The Morgan fingerprint density at radius 2 is 2.00 bits per heavy atom. The topological polar surface area (TPSA) is 69.7 Å². The van der Waals surface area contributed by atoms with Crippen LogP contribution in [0.5, 0.6) is 0 Å². The molecule has 1 N–H and O–H groups in total. The molecule has 2 aliphatic rings. The normalized spacial score (nSPS) is 25.6. The molecule has 2 saturated heterocycles. The van der Waals surface area contributed by atoms with E-state index in [1.165, 1.54) is 7.05 Å². The Bertz CT molecular complexity index is 350. The number of amides is 3. The maximum Gasteiger partial charge on any atom is 0.233 e. The number of carbonyl (C=O) groups excluding carboxylic acids is 3. The number of piperazine rings is 1. The lowest BCUT2D eigenvalue weighted by molar-refractivity contribution is -0.140. The maximum absolute atomic E-state index is 11.9. The second-order valence-corrected chi connectivity index (χ2v) is 4.53. The molecular weight excluding hydrogens is 222 g/mol. The summed E-state index contributed by atoms with van der Waals surface area (Å²) in [6.45, 7) is 2.96. The lowest BCUT2D eigenvalue weighted by atomic mass is 10.0. The van der Waals surface area contributed by atoms with Gasteiger partial charge in [-0.15, -0.1) is 0 Å². The van der Waals surface area contributed by atoms with Crippen LogP contribution in [0.1, 0.15) is 12.8 Å². The average molecular weight is 239 g/mol. The zero-order valence-electron chi connectivity index (χ0n) is 9.94. The standard InChI is InChI=1S/C11H17N3O3/c1-13-9(15)6-8(11(13)17)7-10(16)14-4-2-12-3-5-14/h8,12H,2-7H2,1H3. The van der Waals surface area contributed by atoms with Crippen molar-refractivity contribution in [1.82, 2.24) is 15.1 Å². The highest BCUT2D eigenvalue weighted by atomic mass is 16.2. The van der Waals surface area contributed by atoms with Gasteiger partial charge in [0.25, 0.3) is 0 Å². The quantitative estimate of drug-likeness (QED) is 0.615. The second kappa shape index (κ2) is 4.83. The summed E-state index contributed by atoms with van der Waals surface area (Å²) in [4.78, 5) is 37.8. The third-order valence-corrected chi connectivity index (χ3v) is 3.37. The zero-order chi connectivity index (χ0) is 12.4. The molecule has 0 aromatic heterocycles. The fourth-order valence-electron chi connectivity index (χ4n) is 2.25. The van der Waals surface area contributed by atoms with Gasteiger partial charge in [0.15, 0.2) is 0 Å². The predicted octanol–water partition coefficient (Wildman–Crippen LogP) is -1.19. The number of nitrogens with one attached hydrogen (secondary N) is 1. The van der Waals surface area contributed by atoms with Crippen LogP contribution in [0.15, 0.2) is 0 Å². The van der Waals surface area contributed by atoms with Gasteiger partial charge >= 0.3 is 0 Å². The van der Waals surface area contributed by atoms with Crippen LogP contribution in [-0.2, 0) is 14.4 Å². The Balaban J connectivity index is 1.90. The summed E-state index contributed by atoms with van der Waals surface area (Å²) in [6, 6.07) is 0. The molecule has 2 fully saturated rings. The fraction of sp³-hybridized carbons (Fsp3) is 0.727. The zero-order valence-corrected chi connectivity index (χ0v) is 9.94. The maximum atomic E-state index is 11.9. The van der Waals surface area contributed by atoms with E-state index in [0.717, 1.165) is 18.0 Å². The molecule has 6 nitrogen and oxygen atoms in total. The van der Waals surface area contributed by atoms with Crippen LogP contribution in [-0.4, -0.2) is 60.7 Å². The molecule has 0 radical (unpaired) electrons. The number of hydrogen-bond donors (Lipinski definition) is 1. The van der Waals surface area contributed by atoms with E-state index >= 15 is 0 Å². The molecule has 0 aliphatic carbocycles. The van der Waals surface area contributed by atoms with Crippen LogP contribution in [0.3, 0.4) is 0 Å². The van der Waals surface area contributed by atoms with E-state index in [1.807, 2.05) is 0 Å². The first kappa shape index (κ1) is 12.0. The van der Waals surface area contributed by atoms with Crippen LogP contribution in [0.4, 0.5) is 0 Å². The lowest BCUT2D eigenvalue weighted by Crippen LogP contribution is -2.47.